The Kier molecular flexibility index (Phi) is 11.4. The number of likely N-dealkylation sites (tertiary alicyclic amines) is 1. The number of hydrogen-bond donors (Lipinski definition) is 2. The van der Waals surface area contributed by atoms with Gasteiger partial charge in [-0.05, 0) is 66.1 Å². The first kappa shape index (κ1) is 24.8. The number of thioether (sulfide) groups is 1. The summed E-state index contributed by atoms with van der Waals surface area (Å²) in [6.45, 7) is 13.8. The van der Waals surface area contributed by atoms with E-state index in [1.165, 1.54) is 5.75 Å². The van der Waals surface area contributed by atoms with E-state index in [4.69, 9.17) is 10.7 Å². The molecule has 0 spiro atoms. The molecule has 27 heavy (non-hydrogen) atoms. The molecule has 2 heterocycles. The molecule has 1 amide bonds. The van der Waals surface area contributed by atoms with Crippen molar-refractivity contribution in [2.45, 2.75) is 51.2 Å². The second kappa shape index (κ2) is 12.4. The van der Waals surface area contributed by atoms with E-state index in [-0.39, 0.29) is 35.8 Å². The van der Waals surface area contributed by atoms with Crippen LogP contribution in [0.1, 0.15) is 46.5 Å². The molecule has 158 valence electrons. The highest BCUT2D eigenvalue weighted by molar-refractivity contribution is 14.0. The van der Waals surface area contributed by atoms with Crippen LogP contribution in [0.15, 0.2) is 4.99 Å². The predicted molar refractivity (Wildman–Crippen MR) is 127 cm³/mol. The van der Waals surface area contributed by atoms with E-state index in [0.717, 1.165) is 77.5 Å². The lowest BCUT2D eigenvalue weighted by Crippen LogP contribution is -2.51. The van der Waals surface area contributed by atoms with E-state index in [2.05, 4.69) is 47.6 Å². The summed E-state index contributed by atoms with van der Waals surface area (Å²) in [5, 5.41) is 3.46. The summed E-state index contributed by atoms with van der Waals surface area (Å²) < 4.78 is 0.297. The van der Waals surface area contributed by atoms with E-state index in [1.807, 2.05) is 0 Å². The van der Waals surface area contributed by atoms with Gasteiger partial charge >= 0.3 is 0 Å². The Hall–Kier alpha value is -0.220. The summed E-state index contributed by atoms with van der Waals surface area (Å²) in [7, 11) is 0. The number of amides is 1. The van der Waals surface area contributed by atoms with Crippen molar-refractivity contribution < 1.29 is 4.79 Å². The molecule has 2 saturated heterocycles. The second-order valence-electron chi connectivity index (χ2n) is 7.99. The van der Waals surface area contributed by atoms with Crippen LogP contribution in [0.3, 0.4) is 0 Å². The molecule has 0 bridgehead atoms. The van der Waals surface area contributed by atoms with Crippen LogP contribution in [0.25, 0.3) is 0 Å². The van der Waals surface area contributed by atoms with Crippen molar-refractivity contribution in [1.29, 1.82) is 0 Å². The number of guanidine groups is 1. The molecule has 3 N–H and O–H groups in total. The molecule has 2 rings (SSSR count). The first-order chi connectivity index (χ1) is 12.4. The first-order valence-electron chi connectivity index (χ1n) is 10.1. The van der Waals surface area contributed by atoms with Gasteiger partial charge in [0.25, 0.3) is 0 Å². The number of primary amides is 1. The van der Waals surface area contributed by atoms with Crippen molar-refractivity contribution >= 4 is 47.6 Å². The quantitative estimate of drug-likeness (QED) is 0.238. The van der Waals surface area contributed by atoms with Crippen LogP contribution in [-0.4, -0.2) is 78.0 Å². The van der Waals surface area contributed by atoms with Crippen molar-refractivity contribution in [3.8, 4) is 0 Å². The molecular weight excluding hydrogens is 473 g/mol. The maximum Gasteiger partial charge on any atom is 0.220 e. The maximum absolute atomic E-state index is 11.2. The maximum atomic E-state index is 11.2. The molecule has 0 atom stereocenters. The molecule has 0 saturated carbocycles. The third-order valence-electron chi connectivity index (χ3n) is 5.19. The molecule has 2 fully saturated rings. The van der Waals surface area contributed by atoms with Crippen LogP contribution in [0.5, 0.6) is 0 Å². The number of halogens is 1. The van der Waals surface area contributed by atoms with Crippen LogP contribution in [0, 0.1) is 5.92 Å². The molecule has 0 aliphatic carbocycles. The molecular formula is C19H38IN5OS. The average molecular weight is 512 g/mol. The number of hydrogen-bond acceptors (Lipinski definition) is 4. The summed E-state index contributed by atoms with van der Waals surface area (Å²) >= 11 is 2.05. The van der Waals surface area contributed by atoms with Gasteiger partial charge in [0.2, 0.25) is 5.91 Å². The molecule has 0 aromatic carbocycles. The summed E-state index contributed by atoms with van der Waals surface area (Å²) in [5.41, 5.74) is 5.40. The molecule has 2 aliphatic heterocycles. The Balaban J connectivity index is 0.00000364. The number of nitrogens with one attached hydrogen (secondary N) is 1. The largest absolute Gasteiger partial charge is 0.369 e. The summed E-state index contributed by atoms with van der Waals surface area (Å²) in [6, 6.07) is 0. The monoisotopic (exact) mass is 511 g/mol. The Morgan fingerprint density at radius 2 is 1.96 bits per heavy atom. The van der Waals surface area contributed by atoms with Crippen LogP contribution < -0.4 is 11.1 Å². The lowest BCUT2D eigenvalue weighted by molar-refractivity contribution is -0.123. The van der Waals surface area contributed by atoms with Crippen molar-refractivity contribution in [1.82, 2.24) is 15.1 Å². The zero-order chi connectivity index (χ0) is 19.0. The lowest BCUT2D eigenvalue weighted by atomic mass is 9.96. The fourth-order valence-corrected chi connectivity index (χ4v) is 4.81. The minimum Gasteiger partial charge on any atom is -0.369 e. The lowest BCUT2D eigenvalue weighted by Gasteiger charge is -2.39. The fraction of sp³-hybridized carbons (Fsp3) is 0.895. The Bertz CT molecular complexity index is 481. The van der Waals surface area contributed by atoms with E-state index in [9.17, 15) is 4.79 Å². The number of rotatable bonds is 7. The number of carbonyl (C=O) groups excluding carboxylic acids is 1. The zero-order valence-electron chi connectivity index (χ0n) is 17.2. The van der Waals surface area contributed by atoms with Gasteiger partial charge < -0.3 is 20.9 Å². The van der Waals surface area contributed by atoms with Gasteiger partial charge in [-0.25, -0.2) is 0 Å². The van der Waals surface area contributed by atoms with Crippen LogP contribution in [0.4, 0.5) is 0 Å². The van der Waals surface area contributed by atoms with Crippen molar-refractivity contribution in [3.05, 3.63) is 0 Å². The third kappa shape index (κ3) is 8.77. The topological polar surface area (TPSA) is 74.0 Å². The number of piperidine rings is 1. The summed E-state index contributed by atoms with van der Waals surface area (Å²) in [4.78, 5) is 21.0. The fourth-order valence-electron chi connectivity index (χ4n) is 3.70. The van der Waals surface area contributed by atoms with Crippen LogP contribution in [0.2, 0.25) is 0 Å². The summed E-state index contributed by atoms with van der Waals surface area (Å²) in [5.74, 6) is 2.20. The predicted octanol–water partition coefficient (Wildman–Crippen LogP) is 2.37. The van der Waals surface area contributed by atoms with E-state index < -0.39 is 0 Å². The van der Waals surface area contributed by atoms with E-state index >= 15 is 0 Å². The van der Waals surface area contributed by atoms with Gasteiger partial charge in [0, 0.05) is 42.6 Å². The van der Waals surface area contributed by atoms with Crippen molar-refractivity contribution in [2.24, 2.45) is 16.6 Å². The number of unbranched alkanes of at least 4 members (excludes halogenated alkanes) is 1. The molecule has 0 radical (unpaired) electrons. The van der Waals surface area contributed by atoms with Gasteiger partial charge in [0.1, 0.15) is 0 Å². The highest BCUT2D eigenvalue weighted by Crippen LogP contribution is 2.29. The molecule has 0 aromatic heterocycles. The number of carbonyl (C=O) groups is 1. The highest BCUT2D eigenvalue weighted by atomic mass is 127. The SMILES string of the molecule is CCNC(=NCCCCN1CCC(C(N)=O)CC1)N1CCSC(C)(C)C1.I. The summed E-state index contributed by atoms with van der Waals surface area (Å²) in [6.07, 6.45) is 4.10. The van der Waals surface area contributed by atoms with Gasteiger partial charge in [-0.3, -0.25) is 9.79 Å². The average Bonchev–Trinajstić information content (AvgIpc) is 2.60. The highest BCUT2D eigenvalue weighted by Gasteiger charge is 2.28. The van der Waals surface area contributed by atoms with E-state index in [1.54, 1.807) is 0 Å². The standard InChI is InChI=1S/C19H37N5OS.HI/c1-4-21-18(24-13-14-26-19(2,3)15-24)22-9-5-6-10-23-11-7-16(8-12-23)17(20)25;/h16H,4-15H2,1-3H3,(H2,20,25)(H,21,22);1H. The molecule has 2 aliphatic rings. The zero-order valence-corrected chi connectivity index (χ0v) is 20.4. The molecule has 0 aromatic rings. The van der Waals surface area contributed by atoms with Gasteiger partial charge in [-0.2, -0.15) is 11.8 Å². The third-order valence-corrected chi connectivity index (χ3v) is 6.49. The Morgan fingerprint density at radius 3 is 2.56 bits per heavy atom. The number of aliphatic imine (C=N–C) groups is 1. The molecule has 8 heteroatoms. The Labute approximate surface area is 186 Å². The second-order valence-corrected chi connectivity index (χ2v) is 9.79. The van der Waals surface area contributed by atoms with E-state index in [0.29, 0.717) is 4.75 Å². The van der Waals surface area contributed by atoms with Gasteiger partial charge in [-0.1, -0.05) is 0 Å². The molecule has 0 unspecified atom stereocenters. The normalized spacial score (nSPS) is 21.6. The smallest absolute Gasteiger partial charge is 0.220 e. The number of nitrogens with two attached hydrogens (primary N) is 1. The van der Waals surface area contributed by atoms with Crippen LogP contribution >= 0.6 is 35.7 Å². The minimum absolute atomic E-state index is 0. The Morgan fingerprint density at radius 1 is 1.26 bits per heavy atom. The van der Waals surface area contributed by atoms with Crippen molar-refractivity contribution in [3.63, 3.8) is 0 Å². The minimum atomic E-state index is -0.130. The van der Waals surface area contributed by atoms with Crippen molar-refractivity contribution in [2.75, 3.05) is 51.6 Å². The number of nitrogens with zero attached hydrogens (tertiary/aromatic N) is 3. The van der Waals surface area contributed by atoms with Gasteiger partial charge in [-0.15, -0.1) is 24.0 Å². The first-order valence-corrected chi connectivity index (χ1v) is 11.1. The van der Waals surface area contributed by atoms with Gasteiger partial charge in [0.15, 0.2) is 5.96 Å². The van der Waals surface area contributed by atoms with Crippen LogP contribution in [-0.2, 0) is 4.79 Å². The van der Waals surface area contributed by atoms with Gasteiger partial charge in [0.05, 0.1) is 0 Å². The molecule has 6 nitrogen and oxygen atoms in total.